The first-order chi connectivity index (χ1) is 7.25. The summed E-state index contributed by atoms with van der Waals surface area (Å²) in [4.78, 5) is 11.8. The molecule has 2 rings (SSSR count). The Morgan fingerprint density at radius 2 is 2.40 bits per heavy atom. The van der Waals surface area contributed by atoms with E-state index in [4.69, 9.17) is 11.6 Å². The van der Waals surface area contributed by atoms with Crippen LogP contribution in [0.25, 0.3) is 0 Å². The lowest BCUT2D eigenvalue weighted by Gasteiger charge is -2.11. The standard InChI is InChI=1S/C11H13ClN2O/c12-9-3-1-2-8(6-9)11(15)14-10-4-5-13-7-10/h1-3,6,10,13H,4-5,7H2,(H,14,15)/t10-/m0/s1. The molecule has 0 aromatic heterocycles. The van der Waals surface area contributed by atoms with Crippen molar-refractivity contribution in [1.29, 1.82) is 0 Å². The van der Waals surface area contributed by atoms with Gasteiger partial charge in [-0.05, 0) is 31.2 Å². The second-order valence-corrected chi connectivity index (χ2v) is 4.11. The van der Waals surface area contributed by atoms with Crippen LogP contribution >= 0.6 is 11.6 Å². The third-order valence-electron chi connectivity index (χ3n) is 2.48. The minimum Gasteiger partial charge on any atom is -0.348 e. The number of rotatable bonds is 2. The molecule has 15 heavy (non-hydrogen) atoms. The molecule has 80 valence electrons. The second-order valence-electron chi connectivity index (χ2n) is 3.67. The molecule has 1 aromatic rings. The summed E-state index contributed by atoms with van der Waals surface area (Å²) in [6, 6.07) is 7.24. The minimum absolute atomic E-state index is 0.0498. The van der Waals surface area contributed by atoms with Gasteiger partial charge in [-0.1, -0.05) is 17.7 Å². The molecule has 1 saturated heterocycles. The lowest BCUT2D eigenvalue weighted by atomic mass is 10.2. The van der Waals surface area contributed by atoms with E-state index >= 15 is 0 Å². The van der Waals surface area contributed by atoms with Gasteiger partial charge in [0.25, 0.3) is 5.91 Å². The van der Waals surface area contributed by atoms with Gasteiger partial charge in [-0.15, -0.1) is 0 Å². The maximum Gasteiger partial charge on any atom is 0.251 e. The van der Waals surface area contributed by atoms with E-state index in [0.717, 1.165) is 19.5 Å². The molecular formula is C11H13ClN2O. The number of carbonyl (C=O) groups excluding carboxylic acids is 1. The van der Waals surface area contributed by atoms with E-state index in [9.17, 15) is 4.79 Å². The van der Waals surface area contributed by atoms with Crippen LogP contribution in [0.1, 0.15) is 16.8 Å². The van der Waals surface area contributed by atoms with E-state index in [1.807, 2.05) is 0 Å². The van der Waals surface area contributed by atoms with Crippen molar-refractivity contribution >= 4 is 17.5 Å². The van der Waals surface area contributed by atoms with Crippen molar-refractivity contribution < 1.29 is 4.79 Å². The van der Waals surface area contributed by atoms with E-state index < -0.39 is 0 Å². The van der Waals surface area contributed by atoms with Gasteiger partial charge in [-0.25, -0.2) is 0 Å². The monoisotopic (exact) mass is 224 g/mol. The number of carbonyl (C=O) groups is 1. The molecule has 1 fully saturated rings. The van der Waals surface area contributed by atoms with Gasteiger partial charge in [0, 0.05) is 23.2 Å². The highest BCUT2D eigenvalue weighted by Gasteiger charge is 2.17. The Kier molecular flexibility index (Phi) is 3.23. The van der Waals surface area contributed by atoms with Crippen molar-refractivity contribution in [3.8, 4) is 0 Å². The molecule has 0 saturated carbocycles. The van der Waals surface area contributed by atoms with Crippen LogP contribution < -0.4 is 10.6 Å². The Labute approximate surface area is 93.8 Å². The Morgan fingerprint density at radius 1 is 1.53 bits per heavy atom. The predicted molar refractivity (Wildman–Crippen MR) is 60.2 cm³/mol. The summed E-state index contributed by atoms with van der Waals surface area (Å²) in [6.07, 6.45) is 0.992. The molecule has 0 unspecified atom stereocenters. The fraction of sp³-hybridized carbons (Fsp3) is 0.364. The molecule has 0 aliphatic carbocycles. The first kappa shape index (κ1) is 10.5. The first-order valence-corrected chi connectivity index (χ1v) is 5.40. The van der Waals surface area contributed by atoms with Crippen molar-refractivity contribution in [1.82, 2.24) is 10.6 Å². The molecule has 0 bridgehead atoms. The molecule has 1 atom stereocenters. The van der Waals surface area contributed by atoms with E-state index in [2.05, 4.69) is 10.6 Å². The topological polar surface area (TPSA) is 41.1 Å². The zero-order chi connectivity index (χ0) is 10.7. The average molecular weight is 225 g/mol. The van der Waals surface area contributed by atoms with Crippen molar-refractivity contribution in [3.05, 3.63) is 34.9 Å². The highest BCUT2D eigenvalue weighted by atomic mass is 35.5. The zero-order valence-corrected chi connectivity index (χ0v) is 9.05. The van der Waals surface area contributed by atoms with Crippen LogP contribution in [0.4, 0.5) is 0 Å². The molecule has 0 radical (unpaired) electrons. The zero-order valence-electron chi connectivity index (χ0n) is 8.29. The predicted octanol–water partition coefficient (Wildman–Crippen LogP) is 1.43. The number of amides is 1. The van der Waals surface area contributed by atoms with Gasteiger partial charge in [0.1, 0.15) is 0 Å². The highest BCUT2D eigenvalue weighted by molar-refractivity contribution is 6.30. The van der Waals surface area contributed by atoms with Crippen molar-refractivity contribution in [2.24, 2.45) is 0 Å². The van der Waals surface area contributed by atoms with Gasteiger partial charge >= 0.3 is 0 Å². The van der Waals surface area contributed by atoms with Crippen LogP contribution in [0.5, 0.6) is 0 Å². The molecule has 4 heteroatoms. The summed E-state index contributed by atoms with van der Waals surface area (Å²) in [5, 5.41) is 6.75. The quantitative estimate of drug-likeness (QED) is 0.798. The van der Waals surface area contributed by atoms with E-state index in [1.165, 1.54) is 0 Å². The summed E-state index contributed by atoms with van der Waals surface area (Å²) >= 11 is 5.81. The van der Waals surface area contributed by atoms with Crippen molar-refractivity contribution in [3.63, 3.8) is 0 Å². The summed E-state index contributed by atoms with van der Waals surface area (Å²) in [6.45, 7) is 1.83. The minimum atomic E-state index is -0.0498. The molecule has 1 heterocycles. The third-order valence-corrected chi connectivity index (χ3v) is 2.72. The maximum absolute atomic E-state index is 11.8. The van der Waals surface area contributed by atoms with Crippen LogP contribution in [0.3, 0.4) is 0 Å². The lowest BCUT2D eigenvalue weighted by molar-refractivity contribution is 0.0940. The Balaban J connectivity index is 2.01. The van der Waals surface area contributed by atoms with Crippen LogP contribution in [0.2, 0.25) is 5.02 Å². The van der Waals surface area contributed by atoms with E-state index in [1.54, 1.807) is 24.3 Å². The van der Waals surface area contributed by atoms with Gasteiger partial charge in [-0.3, -0.25) is 4.79 Å². The molecule has 1 aliphatic rings. The van der Waals surface area contributed by atoms with Crippen molar-refractivity contribution in [2.45, 2.75) is 12.5 Å². The Hall–Kier alpha value is -1.06. The molecule has 1 aliphatic heterocycles. The van der Waals surface area contributed by atoms with Gasteiger partial charge in [0.15, 0.2) is 0 Å². The SMILES string of the molecule is O=C(N[C@H]1CCNC1)c1cccc(Cl)c1. The number of benzene rings is 1. The van der Waals surface area contributed by atoms with E-state index in [0.29, 0.717) is 10.6 Å². The van der Waals surface area contributed by atoms with Crippen molar-refractivity contribution in [2.75, 3.05) is 13.1 Å². The maximum atomic E-state index is 11.8. The van der Waals surface area contributed by atoms with Crippen LogP contribution in [0, 0.1) is 0 Å². The van der Waals surface area contributed by atoms with E-state index in [-0.39, 0.29) is 11.9 Å². The molecule has 3 nitrogen and oxygen atoms in total. The molecular weight excluding hydrogens is 212 g/mol. The average Bonchev–Trinajstić information content (AvgIpc) is 2.70. The van der Waals surface area contributed by atoms with Gasteiger partial charge in [0.05, 0.1) is 0 Å². The Morgan fingerprint density at radius 3 is 3.07 bits per heavy atom. The molecule has 0 spiro atoms. The fourth-order valence-corrected chi connectivity index (χ4v) is 1.87. The third kappa shape index (κ3) is 2.70. The van der Waals surface area contributed by atoms with Gasteiger partial charge in [0.2, 0.25) is 0 Å². The fourth-order valence-electron chi connectivity index (χ4n) is 1.68. The number of hydrogen-bond acceptors (Lipinski definition) is 2. The Bertz CT molecular complexity index is 361. The molecule has 1 aromatic carbocycles. The smallest absolute Gasteiger partial charge is 0.251 e. The van der Waals surface area contributed by atoms with Crippen LogP contribution in [-0.2, 0) is 0 Å². The summed E-state index contributed by atoms with van der Waals surface area (Å²) in [5.41, 5.74) is 0.620. The lowest BCUT2D eigenvalue weighted by Crippen LogP contribution is -2.36. The van der Waals surface area contributed by atoms with Gasteiger partial charge in [-0.2, -0.15) is 0 Å². The second kappa shape index (κ2) is 4.64. The highest BCUT2D eigenvalue weighted by Crippen LogP contribution is 2.11. The van der Waals surface area contributed by atoms with Crippen LogP contribution in [0.15, 0.2) is 24.3 Å². The first-order valence-electron chi connectivity index (χ1n) is 5.03. The number of halogens is 1. The normalized spacial score (nSPS) is 20.2. The summed E-state index contributed by atoms with van der Waals surface area (Å²) < 4.78 is 0. The van der Waals surface area contributed by atoms with Crippen LogP contribution in [-0.4, -0.2) is 25.0 Å². The molecule has 1 amide bonds. The summed E-state index contributed by atoms with van der Waals surface area (Å²) in [7, 11) is 0. The largest absolute Gasteiger partial charge is 0.348 e. The molecule has 2 N–H and O–H groups in total. The number of hydrogen-bond donors (Lipinski definition) is 2. The summed E-state index contributed by atoms with van der Waals surface area (Å²) in [5.74, 6) is -0.0498. The van der Waals surface area contributed by atoms with Gasteiger partial charge < -0.3 is 10.6 Å². The number of nitrogens with one attached hydrogen (secondary N) is 2.